The number of carbonyl (C=O) groups excluding carboxylic acids is 1. The zero-order valence-electron chi connectivity index (χ0n) is 12.7. The van der Waals surface area contributed by atoms with Gasteiger partial charge in [0.05, 0.1) is 12.6 Å². The Morgan fingerprint density at radius 2 is 1.95 bits per heavy atom. The third-order valence-corrected chi connectivity index (χ3v) is 3.54. The molecule has 0 fully saturated rings. The summed E-state index contributed by atoms with van der Waals surface area (Å²) in [5.41, 5.74) is 1.14. The maximum atomic E-state index is 12.2. The van der Waals surface area contributed by atoms with Crippen LogP contribution >= 0.6 is 0 Å². The average Bonchev–Trinajstić information content (AvgIpc) is 2.46. The molecule has 1 rings (SSSR count). The van der Waals surface area contributed by atoms with E-state index in [4.69, 9.17) is 0 Å². The van der Waals surface area contributed by atoms with E-state index in [1.165, 1.54) is 0 Å². The van der Waals surface area contributed by atoms with Gasteiger partial charge in [-0.2, -0.15) is 0 Å². The van der Waals surface area contributed by atoms with Gasteiger partial charge in [0.1, 0.15) is 0 Å². The van der Waals surface area contributed by atoms with Gasteiger partial charge in [-0.25, -0.2) is 0 Å². The van der Waals surface area contributed by atoms with Crippen molar-refractivity contribution in [3.63, 3.8) is 0 Å². The molecule has 2 unspecified atom stereocenters. The van der Waals surface area contributed by atoms with Crippen LogP contribution in [0.3, 0.4) is 0 Å². The van der Waals surface area contributed by atoms with Gasteiger partial charge < -0.3 is 10.4 Å². The summed E-state index contributed by atoms with van der Waals surface area (Å²) in [7, 11) is 0. The Bertz CT molecular complexity index is 395. The minimum absolute atomic E-state index is 0.0173. The number of aliphatic hydroxyl groups is 1. The molecule has 1 aromatic carbocycles. The van der Waals surface area contributed by atoms with Crippen LogP contribution in [0.5, 0.6) is 0 Å². The monoisotopic (exact) mass is 278 g/mol. The second-order valence-electron chi connectivity index (χ2n) is 5.17. The number of carbonyl (C=O) groups is 1. The highest BCUT2D eigenvalue weighted by Crippen LogP contribution is 2.08. The molecule has 4 nitrogen and oxygen atoms in total. The van der Waals surface area contributed by atoms with E-state index in [2.05, 4.69) is 5.32 Å². The fraction of sp³-hybridized carbons (Fsp3) is 0.562. The maximum Gasteiger partial charge on any atom is 0.237 e. The van der Waals surface area contributed by atoms with Crippen molar-refractivity contribution in [2.24, 2.45) is 0 Å². The van der Waals surface area contributed by atoms with Crippen molar-refractivity contribution in [2.45, 2.75) is 45.8 Å². The predicted octanol–water partition coefficient (Wildman–Crippen LogP) is 1.78. The Labute approximate surface area is 121 Å². The summed E-state index contributed by atoms with van der Waals surface area (Å²) in [5, 5.41) is 12.2. The number of hydrogen-bond acceptors (Lipinski definition) is 3. The van der Waals surface area contributed by atoms with Gasteiger partial charge in [0.15, 0.2) is 0 Å². The van der Waals surface area contributed by atoms with E-state index in [0.717, 1.165) is 12.0 Å². The highest BCUT2D eigenvalue weighted by Gasteiger charge is 2.21. The molecular formula is C16H26N2O2. The molecule has 112 valence electrons. The normalized spacial score (nSPS) is 14.1. The second-order valence-corrected chi connectivity index (χ2v) is 5.17. The zero-order chi connectivity index (χ0) is 15.0. The molecule has 20 heavy (non-hydrogen) atoms. The number of rotatable bonds is 8. The van der Waals surface area contributed by atoms with E-state index in [0.29, 0.717) is 13.1 Å². The lowest BCUT2D eigenvalue weighted by Gasteiger charge is -2.28. The molecule has 0 aliphatic heterocycles. The van der Waals surface area contributed by atoms with Gasteiger partial charge in [-0.05, 0) is 25.8 Å². The van der Waals surface area contributed by atoms with Gasteiger partial charge in [0.2, 0.25) is 5.91 Å². The topological polar surface area (TPSA) is 52.6 Å². The fourth-order valence-corrected chi connectivity index (χ4v) is 1.99. The van der Waals surface area contributed by atoms with E-state index in [1.54, 1.807) is 0 Å². The summed E-state index contributed by atoms with van der Waals surface area (Å²) in [5.74, 6) is 0.0173. The van der Waals surface area contributed by atoms with E-state index >= 15 is 0 Å². The minimum atomic E-state index is -0.253. The van der Waals surface area contributed by atoms with E-state index in [9.17, 15) is 9.90 Å². The summed E-state index contributed by atoms with van der Waals surface area (Å²) < 4.78 is 0. The van der Waals surface area contributed by atoms with Gasteiger partial charge in [-0.1, -0.05) is 37.3 Å². The first-order chi connectivity index (χ1) is 9.58. The minimum Gasteiger partial charge on any atom is -0.395 e. The SMILES string of the molecule is CCC(C)NC(=O)C(C)N(CCO)Cc1ccccc1. The average molecular weight is 278 g/mol. The highest BCUT2D eigenvalue weighted by atomic mass is 16.3. The molecule has 1 aromatic rings. The van der Waals surface area contributed by atoms with Gasteiger partial charge in [0.25, 0.3) is 0 Å². The standard InChI is InChI=1S/C16H26N2O2/c1-4-13(2)17-16(20)14(3)18(10-11-19)12-15-8-6-5-7-9-15/h5-9,13-14,19H,4,10-12H2,1-3H3,(H,17,20). The lowest BCUT2D eigenvalue weighted by atomic mass is 10.1. The molecule has 0 saturated carbocycles. The zero-order valence-corrected chi connectivity index (χ0v) is 12.7. The molecule has 0 aliphatic rings. The van der Waals surface area contributed by atoms with Crippen molar-refractivity contribution in [3.05, 3.63) is 35.9 Å². The quantitative estimate of drug-likeness (QED) is 0.762. The van der Waals surface area contributed by atoms with Crippen LogP contribution in [0.2, 0.25) is 0 Å². The molecule has 0 radical (unpaired) electrons. The number of aliphatic hydroxyl groups excluding tert-OH is 1. The molecule has 0 bridgehead atoms. The number of amides is 1. The first kappa shape index (κ1) is 16.7. The number of nitrogens with one attached hydrogen (secondary N) is 1. The van der Waals surface area contributed by atoms with Crippen molar-refractivity contribution in [3.8, 4) is 0 Å². The molecule has 4 heteroatoms. The van der Waals surface area contributed by atoms with Crippen molar-refractivity contribution in [1.82, 2.24) is 10.2 Å². The largest absolute Gasteiger partial charge is 0.395 e. The first-order valence-corrected chi connectivity index (χ1v) is 7.27. The molecule has 0 spiro atoms. The summed E-state index contributed by atoms with van der Waals surface area (Å²) in [6.45, 7) is 7.13. The van der Waals surface area contributed by atoms with Crippen molar-refractivity contribution < 1.29 is 9.90 Å². The number of nitrogens with zero attached hydrogens (tertiary/aromatic N) is 1. The lowest BCUT2D eigenvalue weighted by Crippen LogP contribution is -2.48. The fourth-order valence-electron chi connectivity index (χ4n) is 1.99. The summed E-state index contributed by atoms with van der Waals surface area (Å²) in [6.07, 6.45) is 0.914. The molecule has 0 aliphatic carbocycles. The Kier molecular flexibility index (Phi) is 7.26. The Morgan fingerprint density at radius 1 is 1.30 bits per heavy atom. The Morgan fingerprint density at radius 3 is 2.50 bits per heavy atom. The van der Waals surface area contributed by atoms with Crippen LogP contribution in [0.4, 0.5) is 0 Å². The van der Waals surface area contributed by atoms with Gasteiger partial charge in [-0.15, -0.1) is 0 Å². The van der Waals surface area contributed by atoms with Crippen LogP contribution in [-0.4, -0.2) is 41.1 Å². The highest BCUT2D eigenvalue weighted by molar-refractivity contribution is 5.81. The number of hydrogen-bond donors (Lipinski definition) is 2. The second kappa shape index (κ2) is 8.72. The van der Waals surface area contributed by atoms with Crippen LogP contribution in [0.25, 0.3) is 0 Å². The van der Waals surface area contributed by atoms with Gasteiger partial charge >= 0.3 is 0 Å². The number of benzene rings is 1. The third-order valence-electron chi connectivity index (χ3n) is 3.54. The third kappa shape index (κ3) is 5.31. The van der Waals surface area contributed by atoms with E-state index in [-0.39, 0.29) is 24.6 Å². The summed E-state index contributed by atoms with van der Waals surface area (Å²) in [4.78, 5) is 14.2. The maximum absolute atomic E-state index is 12.2. The summed E-state index contributed by atoms with van der Waals surface area (Å²) in [6, 6.07) is 9.92. The molecule has 0 aromatic heterocycles. The molecule has 0 saturated heterocycles. The van der Waals surface area contributed by atoms with Crippen LogP contribution < -0.4 is 5.32 Å². The first-order valence-electron chi connectivity index (χ1n) is 7.27. The van der Waals surface area contributed by atoms with Crippen molar-refractivity contribution >= 4 is 5.91 Å². The molecule has 2 N–H and O–H groups in total. The molecule has 1 amide bonds. The van der Waals surface area contributed by atoms with Crippen molar-refractivity contribution in [2.75, 3.05) is 13.2 Å². The van der Waals surface area contributed by atoms with Crippen LogP contribution in [-0.2, 0) is 11.3 Å². The lowest BCUT2D eigenvalue weighted by molar-refractivity contribution is -0.126. The summed E-state index contributed by atoms with van der Waals surface area (Å²) >= 11 is 0. The van der Waals surface area contributed by atoms with Crippen LogP contribution in [0, 0.1) is 0 Å². The Balaban J connectivity index is 2.67. The smallest absolute Gasteiger partial charge is 0.237 e. The van der Waals surface area contributed by atoms with Crippen LogP contribution in [0.1, 0.15) is 32.8 Å². The van der Waals surface area contributed by atoms with Crippen molar-refractivity contribution in [1.29, 1.82) is 0 Å². The van der Waals surface area contributed by atoms with Gasteiger partial charge in [-0.3, -0.25) is 9.69 Å². The molecular weight excluding hydrogens is 252 g/mol. The van der Waals surface area contributed by atoms with Gasteiger partial charge in [0, 0.05) is 19.1 Å². The van der Waals surface area contributed by atoms with Crippen LogP contribution in [0.15, 0.2) is 30.3 Å². The van der Waals surface area contributed by atoms with E-state index < -0.39 is 0 Å². The Hall–Kier alpha value is -1.39. The predicted molar refractivity (Wildman–Crippen MR) is 81.3 cm³/mol. The molecule has 0 heterocycles. The van der Waals surface area contributed by atoms with E-state index in [1.807, 2.05) is 56.0 Å². The molecule has 2 atom stereocenters.